The summed E-state index contributed by atoms with van der Waals surface area (Å²) in [5.41, 5.74) is 1.91. The van der Waals surface area contributed by atoms with Crippen LogP contribution in [0.25, 0.3) is 0 Å². The molecule has 3 amide bonds. The van der Waals surface area contributed by atoms with Crippen LogP contribution >= 0.6 is 0 Å². The van der Waals surface area contributed by atoms with Gasteiger partial charge >= 0.3 is 11.8 Å². The van der Waals surface area contributed by atoms with Crippen molar-refractivity contribution in [2.24, 2.45) is 11.3 Å². The van der Waals surface area contributed by atoms with E-state index >= 15 is 0 Å². The summed E-state index contributed by atoms with van der Waals surface area (Å²) in [6.07, 6.45) is 5.00. The molecule has 1 fully saturated rings. The van der Waals surface area contributed by atoms with Crippen LogP contribution < -0.4 is 16.0 Å². The van der Waals surface area contributed by atoms with Crippen molar-refractivity contribution in [1.29, 1.82) is 0 Å². The molecule has 2 aromatic carbocycles. The second-order valence-electron chi connectivity index (χ2n) is 9.53. The van der Waals surface area contributed by atoms with Gasteiger partial charge in [-0.1, -0.05) is 69.7 Å². The van der Waals surface area contributed by atoms with E-state index in [1.165, 1.54) is 0 Å². The number of rotatable bonds is 7. The molecule has 0 unspecified atom stereocenters. The first-order valence-corrected chi connectivity index (χ1v) is 11.8. The van der Waals surface area contributed by atoms with E-state index in [0.717, 1.165) is 37.7 Å². The summed E-state index contributed by atoms with van der Waals surface area (Å²) in [7, 11) is 0. The monoisotopic (exact) mass is 449 g/mol. The number of hydrogen-bond acceptors (Lipinski definition) is 3. The van der Waals surface area contributed by atoms with Gasteiger partial charge in [-0.05, 0) is 54.7 Å². The van der Waals surface area contributed by atoms with E-state index in [4.69, 9.17) is 0 Å². The Bertz CT molecular complexity index is 964. The molecule has 6 nitrogen and oxygen atoms in total. The van der Waals surface area contributed by atoms with Crippen LogP contribution in [-0.4, -0.2) is 23.8 Å². The molecule has 1 saturated carbocycles. The fourth-order valence-electron chi connectivity index (χ4n) is 4.40. The second kappa shape index (κ2) is 11.1. The van der Waals surface area contributed by atoms with Gasteiger partial charge in [-0.3, -0.25) is 14.4 Å². The molecule has 33 heavy (non-hydrogen) atoms. The Morgan fingerprint density at radius 3 is 2.18 bits per heavy atom. The first-order chi connectivity index (χ1) is 15.8. The van der Waals surface area contributed by atoms with Crippen LogP contribution in [0, 0.1) is 11.3 Å². The smallest absolute Gasteiger partial charge is 0.313 e. The molecule has 0 aromatic heterocycles. The molecule has 0 bridgehead atoms. The predicted molar refractivity (Wildman–Crippen MR) is 131 cm³/mol. The van der Waals surface area contributed by atoms with Gasteiger partial charge < -0.3 is 16.0 Å². The fourth-order valence-corrected chi connectivity index (χ4v) is 4.40. The standard InChI is InChI=1S/C27H35N3O3/c1-4-27(2,3)20-14-16-21(17-15-20)29-25(32)26(33)30-23-13-9-8-12-22(23)24(31)28-18-19-10-6-5-7-11-19/h5-13,20-21H,4,14-18H2,1-3H3,(H,28,31)(H,29,32)(H,30,33). The number of anilines is 1. The van der Waals surface area contributed by atoms with Gasteiger partial charge in [0.05, 0.1) is 11.3 Å². The van der Waals surface area contributed by atoms with Crippen LogP contribution in [0.3, 0.4) is 0 Å². The average molecular weight is 450 g/mol. The highest BCUT2D eigenvalue weighted by Crippen LogP contribution is 2.40. The van der Waals surface area contributed by atoms with Crippen molar-refractivity contribution >= 4 is 23.4 Å². The maximum atomic E-state index is 12.7. The van der Waals surface area contributed by atoms with Gasteiger partial charge in [0.25, 0.3) is 5.91 Å². The number of carbonyl (C=O) groups is 3. The van der Waals surface area contributed by atoms with Gasteiger partial charge in [-0.15, -0.1) is 0 Å². The molecule has 1 aliphatic rings. The van der Waals surface area contributed by atoms with Crippen LogP contribution in [0.2, 0.25) is 0 Å². The van der Waals surface area contributed by atoms with Crippen LogP contribution in [0.4, 0.5) is 5.69 Å². The van der Waals surface area contributed by atoms with E-state index in [1.807, 2.05) is 30.3 Å². The minimum atomic E-state index is -0.755. The molecule has 0 radical (unpaired) electrons. The molecule has 0 saturated heterocycles. The highest BCUT2D eigenvalue weighted by Gasteiger charge is 2.32. The quantitative estimate of drug-likeness (QED) is 0.537. The zero-order valence-corrected chi connectivity index (χ0v) is 19.8. The number of hydrogen-bond donors (Lipinski definition) is 3. The molecule has 1 aliphatic carbocycles. The molecule has 3 rings (SSSR count). The van der Waals surface area contributed by atoms with Crippen LogP contribution in [0.15, 0.2) is 54.6 Å². The van der Waals surface area contributed by atoms with E-state index in [-0.39, 0.29) is 11.9 Å². The zero-order valence-electron chi connectivity index (χ0n) is 19.8. The van der Waals surface area contributed by atoms with Crippen molar-refractivity contribution in [3.8, 4) is 0 Å². The Labute approximate surface area is 196 Å². The van der Waals surface area contributed by atoms with Gasteiger partial charge in [-0.2, -0.15) is 0 Å². The lowest BCUT2D eigenvalue weighted by molar-refractivity contribution is -0.136. The molecule has 0 heterocycles. The highest BCUT2D eigenvalue weighted by atomic mass is 16.2. The van der Waals surface area contributed by atoms with E-state index < -0.39 is 11.8 Å². The Morgan fingerprint density at radius 1 is 0.879 bits per heavy atom. The Balaban J connectivity index is 1.54. The van der Waals surface area contributed by atoms with E-state index in [9.17, 15) is 14.4 Å². The summed E-state index contributed by atoms with van der Waals surface area (Å²) in [6.45, 7) is 7.20. The number of para-hydroxylation sites is 1. The highest BCUT2D eigenvalue weighted by molar-refractivity contribution is 6.40. The molecule has 0 spiro atoms. The maximum Gasteiger partial charge on any atom is 0.313 e. The maximum absolute atomic E-state index is 12.7. The first kappa shape index (κ1) is 24.5. The number of nitrogens with one attached hydrogen (secondary N) is 3. The lowest BCUT2D eigenvalue weighted by Crippen LogP contribution is -2.44. The normalized spacial score (nSPS) is 18.3. The third-order valence-electron chi connectivity index (χ3n) is 7.00. The predicted octanol–water partition coefficient (Wildman–Crippen LogP) is 4.67. The summed E-state index contributed by atoms with van der Waals surface area (Å²) in [6, 6.07) is 16.3. The zero-order chi connectivity index (χ0) is 23.8. The molecule has 6 heteroatoms. The van der Waals surface area contributed by atoms with E-state index in [1.54, 1.807) is 24.3 Å². The van der Waals surface area contributed by atoms with Crippen molar-refractivity contribution < 1.29 is 14.4 Å². The van der Waals surface area contributed by atoms with E-state index in [2.05, 4.69) is 36.7 Å². The van der Waals surface area contributed by atoms with Crippen LogP contribution in [0.1, 0.15) is 68.8 Å². The Kier molecular flexibility index (Phi) is 8.26. The summed E-state index contributed by atoms with van der Waals surface area (Å²) in [5.74, 6) is -1.08. The SMILES string of the molecule is CCC(C)(C)C1CCC(NC(=O)C(=O)Nc2ccccc2C(=O)NCc2ccccc2)CC1. The van der Waals surface area contributed by atoms with Gasteiger partial charge in [0.2, 0.25) is 0 Å². The molecule has 176 valence electrons. The number of amides is 3. The summed E-state index contributed by atoms with van der Waals surface area (Å²) < 4.78 is 0. The fraction of sp³-hybridized carbons (Fsp3) is 0.444. The average Bonchev–Trinajstić information content (AvgIpc) is 2.83. The van der Waals surface area contributed by atoms with Crippen molar-refractivity contribution in [2.45, 2.75) is 65.5 Å². The minimum Gasteiger partial charge on any atom is -0.348 e. The minimum absolute atomic E-state index is 0.0107. The first-order valence-electron chi connectivity index (χ1n) is 11.8. The topological polar surface area (TPSA) is 87.3 Å². The molecule has 2 aromatic rings. The molecule has 0 aliphatic heterocycles. The molecular formula is C27H35N3O3. The van der Waals surface area contributed by atoms with Crippen molar-refractivity contribution in [2.75, 3.05) is 5.32 Å². The largest absolute Gasteiger partial charge is 0.348 e. The van der Waals surface area contributed by atoms with Crippen molar-refractivity contribution in [3.63, 3.8) is 0 Å². The van der Waals surface area contributed by atoms with Gasteiger partial charge in [0, 0.05) is 12.6 Å². The summed E-state index contributed by atoms with van der Waals surface area (Å²) >= 11 is 0. The summed E-state index contributed by atoms with van der Waals surface area (Å²) in [5, 5.41) is 8.34. The van der Waals surface area contributed by atoms with Crippen LogP contribution in [0.5, 0.6) is 0 Å². The van der Waals surface area contributed by atoms with E-state index in [0.29, 0.717) is 29.1 Å². The van der Waals surface area contributed by atoms with Gasteiger partial charge in [0.1, 0.15) is 0 Å². The molecule has 3 N–H and O–H groups in total. The third-order valence-corrected chi connectivity index (χ3v) is 7.00. The Morgan fingerprint density at radius 2 is 1.52 bits per heavy atom. The Hall–Kier alpha value is -3.15. The number of carbonyl (C=O) groups excluding carboxylic acids is 3. The van der Waals surface area contributed by atoms with Gasteiger partial charge in [0.15, 0.2) is 0 Å². The summed E-state index contributed by atoms with van der Waals surface area (Å²) in [4.78, 5) is 37.8. The lowest BCUT2D eigenvalue weighted by atomic mass is 9.69. The van der Waals surface area contributed by atoms with Crippen molar-refractivity contribution in [1.82, 2.24) is 10.6 Å². The van der Waals surface area contributed by atoms with Gasteiger partial charge in [-0.25, -0.2) is 0 Å². The second-order valence-corrected chi connectivity index (χ2v) is 9.53. The molecular weight excluding hydrogens is 414 g/mol. The number of benzene rings is 2. The molecule has 0 atom stereocenters. The van der Waals surface area contributed by atoms with Crippen LogP contribution in [-0.2, 0) is 16.1 Å². The lowest BCUT2D eigenvalue weighted by Gasteiger charge is -2.39. The third kappa shape index (κ3) is 6.67. The van der Waals surface area contributed by atoms with Crippen molar-refractivity contribution in [3.05, 3.63) is 65.7 Å².